The van der Waals surface area contributed by atoms with E-state index in [9.17, 15) is 19.5 Å². The van der Waals surface area contributed by atoms with Gasteiger partial charge < -0.3 is 15.3 Å². The fourth-order valence-electron chi connectivity index (χ4n) is 2.47. The van der Waals surface area contributed by atoms with Crippen LogP contribution in [0.4, 0.5) is 5.69 Å². The molecule has 0 spiro atoms. The van der Waals surface area contributed by atoms with E-state index in [1.165, 1.54) is 17.0 Å². The second kappa shape index (κ2) is 6.79. The monoisotopic (exact) mass is 324 g/mol. The number of hydrogen-bond acceptors (Lipinski definition) is 3. The molecule has 1 unspecified atom stereocenters. The summed E-state index contributed by atoms with van der Waals surface area (Å²) in [5.74, 6) is -1.67. The number of carbonyl (C=O) groups excluding carboxylic acids is 2. The molecule has 1 aromatic carbocycles. The first-order valence-electron chi connectivity index (χ1n) is 7.07. The Kier molecular flexibility index (Phi) is 5.03. The minimum Gasteiger partial charge on any atom is -0.480 e. The lowest BCUT2D eigenvalue weighted by Crippen LogP contribution is -2.40. The minimum absolute atomic E-state index is 0.243. The Hall–Kier alpha value is -2.08. The molecule has 1 saturated heterocycles. The largest absolute Gasteiger partial charge is 0.480 e. The molecule has 2 amide bonds. The number of aliphatic carboxylic acids is 1. The number of carboxylic acid groups (broad SMARTS) is 1. The van der Waals surface area contributed by atoms with Gasteiger partial charge in [-0.25, -0.2) is 4.79 Å². The van der Waals surface area contributed by atoms with E-state index in [4.69, 9.17) is 11.6 Å². The third kappa shape index (κ3) is 3.39. The summed E-state index contributed by atoms with van der Waals surface area (Å²) in [6, 6.07) is 3.72. The molecule has 1 aromatic rings. The third-order valence-electron chi connectivity index (χ3n) is 3.61. The first kappa shape index (κ1) is 16.3. The van der Waals surface area contributed by atoms with Crippen molar-refractivity contribution in [1.82, 2.24) is 4.90 Å². The van der Waals surface area contributed by atoms with E-state index in [1.54, 1.807) is 13.0 Å². The molecule has 0 aliphatic carbocycles. The number of likely N-dealkylation sites (tertiary alicyclic amines) is 1. The number of halogens is 1. The summed E-state index contributed by atoms with van der Waals surface area (Å²) in [5, 5.41) is 12.2. The summed E-state index contributed by atoms with van der Waals surface area (Å²) in [4.78, 5) is 36.8. The number of rotatable bonds is 4. The Labute approximate surface area is 133 Å². The van der Waals surface area contributed by atoms with Gasteiger partial charge >= 0.3 is 5.97 Å². The van der Waals surface area contributed by atoms with Crippen LogP contribution in [0.1, 0.15) is 36.5 Å². The van der Waals surface area contributed by atoms with Crippen LogP contribution in [0, 0.1) is 0 Å². The van der Waals surface area contributed by atoms with Crippen LogP contribution in [0.25, 0.3) is 0 Å². The van der Waals surface area contributed by atoms with Gasteiger partial charge in [0.25, 0.3) is 5.91 Å². The lowest BCUT2D eigenvalue weighted by atomic mass is 10.1. The van der Waals surface area contributed by atoms with Crippen molar-refractivity contribution in [2.75, 3.05) is 11.9 Å². The van der Waals surface area contributed by atoms with Gasteiger partial charge in [0.15, 0.2) is 0 Å². The molecule has 1 heterocycles. The van der Waals surface area contributed by atoms with Crippen LogP contribution in [0.15, 0.2) is 18.2 Å². The quantitative estimate of drug-likeness (QED) is 0.890. The van der Waals surface area contributed by atoms with Gasteiger partial charge in [-0.1, -0.05) is 18.5 Å². The molecule has 7 heteroatoms. The molecule has 0 aromatic heterocycles. The molecule has 22 heavy (non-hydrogen) atoms. The summed E-state index contributed by atoms with van der Waals surface area (Å²) >= 11 is 5.92. The molecule has 2 rings (SSSR count). The lowest BCUT2D eigenvalue weighted by molar-refractivity contribution is -0.141. The molecule has 1 aliphatic rings. The van der Waals surface area contributed by atoms with Gasteiger partial charge in [0.1, 0.15) is 6.04 Å². The predicted molar refractivity (Wildman–Crippen MR) is 82.1 cm³/mol. The molecule has 0 radical (unpaired) electrons. The SMILES string of the molecule is CCC(=O)Nc1cc(Cl)ccc1C(=O)N1CCCC1C(=O)O. The molecule has 0 saturated carbocycles. The fraction of sp³-hybridized carbons (Fsp3) is 0.400. The van der Waals surface area contributed by atoms with Crippen molar-refractivity contribution in [3.8, 4) is 0 Å². The molecule has 2 N–H and O–H groups in total. The zero-order valence-electron chi connectivity index (χ0n) is 12.1. The van der Waals surface area contributed by atoms with Crippen LogP contribution in [-0.2, 0) is 9.59 Å². The average molecular weight is 325 g/mol. The second-order valence-corrected chi connectivity index (χ2v) is 5.52. The Morgan fingerprint density at radius 3 is 2.77 bits per heavy atom. The lowest BCUT2D eigenvalue weighted by Gasteiger charge is -2.23. The fourth-order valence-corrected chi connectivity index (χ4v) is 2.64. The predicted octanol–water partition coefficient (Wildman–Crippen LogP) is 2.38. The molecule has 1 fully saturated rings. The molecule has 0 bridgehead atoms. The molecular weight excluding hydrogens is 308 g/mol. The van der Waals surface area contributed by atoms with Crippen LogP contribution in [0.3, 0.4) is 0 Å². The van der Waals surface area contributed by atoms with Gasteiger partial charge in [-0.3, -0.25) is 9.59 Å². The summed E-state index contributed by atoms with van der Waals surface area (Å²) in [6.07, 6.45) is 1.35. The van der Waals surface area contributed by atoms with E-state index in [-0.39, 0.29) is 17.9 Å². The second-order valence-electron chi connectivity index (χ2n) is 5.09. The van der Waals surface area contributed by atoms with Crippen LogP contribution < -0.4 is 5.32 Å². The summed E-state index contributed by atoms with van der Waals surface area (Å²) in [5.41, 5.74) is 0.555. The van der Waals surface area contributed by atoms with E-state index in [1.807, 2.05) is 0 Å². The van der Waals surface area contributed by atoms with Crippen molar-refractivity contribution in [3.05, 3.63) is 28.8 Å². The minimum atomic E-state index is -1.01. The van der Waals surface area contributed by atoms with Crippen molar-refractivity contribution >= 4 is 35.1 Å². The van der Waals surface area contributed by atoms with Crippen molar-refractivity contribution in [3.63, 3.8) is 0 Å². The Morgan fingerprint density at radius 1 is 1.41 bits per heavy atom. The van der Waals surface area contributed by atoms with Crippen molar-refractivity contribution in [2.45, 2.75) is 32.2 Å². The van der Waals surface area contributed by atoms with E-state index < -0.39 is 17.9 Å². The van der Waals surface area contributed by atoms with Gasteiger partial charge in [-0.2, -0.15) is 0 Å². The maximum absolute atomic E-state index is 12.6. The highest BCUT2D eigenvalue weighted by molar-refractivity contribution is 6.31. The highest BCUT2D eigenvalue weighted by atomic mass is 35.5. The first-order chi connectivity index (χ1) is 10.4. The highest BCUT2D eigenvalue weighted by Gasteiger charge is 2.35. The van der Waals surface area contributed by atoms with Gasteiger partial charge in [0, 0.05) is 18.0 Å². The normalized spacial score (nSPS) is 17.4. The standard InChI is InChI=1S/C15H17ClN2O4/c1-2-13(19)17-11-8-9(16)5-6-10(11)14(20)18-7-3-4-12(18)15(21)22/h5-6,8,12H,2-4,7H2,1H3,(H,17,19)(H,21,22). The van der Waals surface area contributed by atoms with Crippen LogP contribution in [0.5, 0.6) is 0 Å². The average Bonchev–Trinajstić information content (AvgIpc) is 2.96. The van der Waals surface area contributed by atoms with E-state index in [2.05, 4.69) is 5.32 Å². The summed E-state index contributed by atoms with van der Waals surface area (Å²) in [7, 11) is 0. The summed E-state index contributed by atoms with van der Waals surface area (Å²) in [6.45, 7) is 2.09. The van der Waals surface area contributed by atoms with E-state index in [0.717, 1.165) is 0 Å². The number of hydrogen-bond donors (Lipinski definition) is 2. The molecule has 1 atom stereocenters. The maximum Gasteiger partial charge on any atom is 0.326 e. The van der Waals surface area contributed by atoms with Crippen LogP contribution in [0.2, 0.25) is 5.02 Å². The topological polar surface area (TPSA) is 86.7 Å². The van der Waals surface area contributed by atoms with Gasteiger partial charge in [-0.05, 0) is 31.0 Å². The highest BCUT2D eigenvalue weighted by Crippen LogP contribution is 2.26. The Balaban J connectivity index is 2.32. The van der Waals surface area contributed by atoms with Crippen molar-refractivity contribution in [2.24, 2.45) is 0 Å². The smallest absolute Gasteiger partial charge is 0.326 e. The zero-order chi connectivity index (χ0) is 16.3. The molecule has 118 valence electrons. The first-order valence-corrected chi connectivity index (χ1v) is 7.45. The number of amides is 2. The summed E-state index contributed by atoms with van der Waals surface area (Å²) < 4.78 is 0. The Morgan fingerprint density at radius 2 is 2.14 bits per heavy atom. The van der Waals surface area contributed by atoms with Gasteiger partial charge in [0.2, 0.25) is 5.91 Å². The van der Waals surface area contributed by atoms with Gasteiger partial charge in [0.05, 0.1) is 11.3 Å². The van der Waals surface area contributed by atoms with Crippen molar-refractivity contribution < 1.29 is 19.5 Å². The van der Waals surface area contributed by atoms with Crippen LogP contribution in [-0.4, -0.2) is 40.4 Å². The zero-order valence-corrected chi connectivity index (χ0v) is 12.9. The molecular formula is C15H17ClN2O4. The molecule has 6 nitrogen and oxygen atoms in total. The van der Waals surface area contributed by atoms with Crippen molar-refractivity contribution in [1.29, 1.82) is 0 Å². The Bertz CT molecular complexity index is 618. The number of nitrogens with zero attached hydrogens (tertiary/aromatic N) is 1. The number of benzene rings is 1. The maximum atomic E-state index is 12.6. The van der Waals surface area contributed by atoms with E-state index >= 15 is 0 Å². The third-order valence-corrected chi connectivity index (χ3v) is 3.84. The number of anilines is 1. The van der Waals surface area contributed by atoms with Gasteiger partial charge in [-0.15, -0.1) is 0 Å². The number of carboxylic acids is 1. The van der Waals surface area contributed by atoms with E-state index in [0.29, 0.717) is 30.1 Å². The number of nitrogens with one attached hydrogen (secondary N) is 1. The number of carbonyl (C=O) groups is 3. The van der Waals surface area contributed by atoms with Crippen LogP contribution >= 0.6 is 11.6 Å². The molecule has 1 aliphatic heterocycles.